The van der Waals surface area contributed by atoms with E-state index in [9.17, 15) is 19.2 Å². The Morgan fingerprint density at radius 1 is 1.00 bits per heavy atom. The maximum Gasteiger partial charge on any atom is 0.327 e. The molecule has 0 bridgehead atoms. The minimum absolute atomic E-state index is 0.0836. The average Bonchev–Trinajstić information content (AvgIpc) is 2.40. The lowest BCUT2D eigenvalue weighted by atomic mass is 10.2. The first-order valence-electron chi connectivity index (χ1n) is 5.82. The molecule has 11 heteroatoms. The first-order valence-corrected chi connectivity index (χ1v) is 7.08. The summed E-state index contributed by atoms with van der Waals surface area (Å²) in [6.45, 7) is 0. The highest BCUT2D eigenvalue weighted by Gasteiger charge is 2.26. The summed E-state index contributed by atoms with van der Waals surface area (Å²) in [5.74, 6) is -3.72. The molecule has 0 unspecified atom stereocenters. The molecule has 21 heavy (non-hydrogen) atoms. The fraction of sp³-hybridized carbons (Fsp3) is 0.600. The molecule has 3 atom stereocenters. The number of amides is 3. The molecular weight excluding hydrogens is 320 g/mol. The Hall–Kier alpha value is -1.46. The van der Waals surface area contributed by atoms with E-state index in [1.54, 1.807) is 0 Å². The summed E-state index contributed by atoms with van der Waals surface area (Å²) in [5, 5.41) is 13.3. The largest absolute Gasteiger partial charge is 0.480 e. The maximum atomic E-state index is 11.8. The summed E-state index contributed by atoms with van der Waals surface area (Å²) < 4.78 is 0. The molecule has 0 aliphatic carbocycles. The van der Waals surface area contributed by atoms with Crippen LogP contribution in [0.25, 0.3) is 0 Å². The average molecular weight is 338 g/mol. The van der Waals surface area contributed by atoms with Gasteiger partial charge in [0.2, 0.25) is 17.7 Å². The zero-order chi connectivity index (χ0) is 16.6. The van der Waals surface area contributed by atoms with E-state index in [1.807, 2.05) is 0 Å². The van der Waals surface area contributed by atoms with Crippen molar-refractivity contribution in [3.05, 3.63) is 0 Å². The summed E-state index contributed by atoms with van der Waals surface area (Å²) >= 11 is 7.69. The minimum Gasteiger partial charge on any atom is -0.480 e. The number of nitrogens with one attached hydrogen (secondary N) is 2. The van der Waals surface area contributed by atoms with E-state index in [-0.39, 0.29) is 17.9 Å². The van der Waals surface area contributed by atoms with Crippen LogP contribution in [-0.2, 0) is 19.2 Å². The molecule has 0 saturated heterocycles. The second kappa shape index (κ2) is 9.47. The standard InChI is InChI=1S/C10H18N4O5S2/c11-4(1-7(12)15)8(16)13-5(2-20)9(17)14-6(3-21)10(18)19/h4-6,20-21H,1-3,11H2,(H2,12,15)(H,13,16)(H,14,17)(H,18,19)/t4-,5-,6-/m1/s1. The monoisotopic (exact) mass is 338 g/mol. The number of carbonyl (C=O) groups excluding carboxylic acids is 3. The maximum absolute atomic E-state index is 11.8. The van der Waals surface area contributed by atoms with Gasteiger partial charge in [0.15, 0.2) is 0 Å². The molecule has 0 aromatic heterocycles. The van der Waals surface area contributed by atoms with E-state index in [0.29, 0.717) is 0 Å². The Morgan fingerprint density at radius 2 is 1.48 bits per heavy atom. The molecule has 7 N–H and O–H groups in total. The summed E-state index contributed by atoms with van der Waals surface area (Å²) in [6.07, 6.45) is -0.374. The molecule has 0 aliphatic heterocycles. The number of carbonyl (C=O) groups is 4. The van der Waals surface area contributed by atoms with Crippen molar-refractivity contribution in [2.24, 2.45) is 11.5 Å². The van der Waals surface area contributed by atoms with Crippen molar-refractivity contribution in [1.82, 2.24) is 10.6 Å². The highest BCUT2D eigenvalue weighted by molar-refractivity contribution is 7.80. The van der Waals surface area contributed by atoms with Crippen molar-refractivity contribution >= 4 is 48.9 Å². The second-order valence-corrected chi connectivity index (χ2v) is 4.83. The van der Waals surface area contributed by atoms with Crippen molar-refractivity contribution in [3.63, 3.8) is 0 Å². The van der Waals surface area contributed by atoms with Gasteiger partial charge in [0, 0.05) is 11.5 Å². The molecule has 0 saturated carbocycles. The predicted octanol–water partition coefficient (Wildman–Crippen LogP) is -2.90. The van der Waals surface area contributed by atoms with E-state index in [2.05, 4.69) is 35.9 Å². The molecule has 0 rings (SSSR count). The number of carboxylic acids is 1. The molecule has 0 radical (unpaired) electrons. The normalized spacial score (nSPS) is 14.6. The van der Waals surface area contributed by atoms with Crippen molar-refractivity contribution in [3.8, 4) is 0 Å². The smallest absolute Gasteiger partial charge is 0.327 e. The van der Waals surface area contributed by atoms with Gasteiger partial charge in [0.25, 0.3) is 0 Å². The van der Waals surface area contributed by atoms with Crippen molar-refractivity contribution < 1.29 is 24.3 Å². The fourth-order valence-electron chi connectivity index (χ4n) is 1.24. The Morgan fingerprint density at radius 3 is 1.86 bits per heavy atom. The molecule has 0 spiro atoms. The van der Waals surface area contributed by atoms with Crippen molar-refractivity contribution in [1.29, 1.82) is 0 Å². The van der Waals surface area contributed by atoms with Crippen LogP contribution in [0.3, 0.4) is 0 Å². The number of primary amides is 1. The lowest BCUT2D eigenvalue weighted by Crippen LogP contribution is -2.56. The quantitative estimate of drug-likeness (QED) is 0.223. The highest BCUT2D eigenvalue weighted by atomic mass is 32.1. The van der Waals surface area contributed by atoms with Crippen molar-refractivity contribution in [2.75, 3.05) is 11.5 Å². The SMILES string of the molecule is NC(=O)C[C@@H](N)C(=O)N[C@H](CS)C(=O)N[C@H](CS)C(=O)O. The summed E-state index contributed by atoms with van der Waals surface area (Å²) in [5.41, 5.74) is 10.3. The van der Waals surface area contributed by atoms with E-state index in [0.717, 1.165) is 0 Å². The third-order valence-corrected chi connectivity index (χ3v) is 3.10. The summed E-state index contributed by atoms with van der Waals surface area (Å²) in [4.78, 5) is 44.9. The van der Waals surface area contributed by atoms with Gasteiger partial charge >= 0.3 is 5.97 Å². The van der Waals surface area contributed by atoms with Gasteiger partial charge in [0.1, 0.15) is 12.1 Å². The molecule has 120 valence electrons. The number of rotatable bonds is 9. The van der Waals surface area contributed by atoms with E-state index in [4.69, 9.17) is 16.6 Å². The van der Waals surface area contributed by atoms with Crippen LogP contribution in [0, 0.1) is 0 Å². The lowest BCUT2D eigenvalue weighted by Gasteiger charge is -2.20. The zero-order valence-electron chi connectivity index (χ0n) is 11.0. The van der Waals surface area contributed by atoms with Gasteiger partial charge in [-0.1, -0.05) is 0 Å². The van der Waals surface area contributed by atoms with Crippen LogP contribution in [0.1, 0.15) is 6.42 Å². The zero-order valence-corrected chi connectivity index (χ0v) is 12.8. The lowest BCUT2D eigenvalue weighted by molar-refractivity contribution is -0.141. The number of hydrogen-bond donors (Lipinski definition) is 7. The molecule has 0 heterocycles. The molecular formula is C10H18N4O5S2. The van der Waals surface area contributed by atoms with Gasteiger partial charge < -0.3 is 27.2 Å². The van der Waals surface area contributed by atoms with Crippen LogP contribution in [0.5, 0.6) is 0 Å². The van der Waals surface area contributed by atoms with Gasteiger partial charge in [-0.15, -0.1) is 0 Å². The topological polar surface area (TPSA) is 165 Å². The molecule has 0 aliphatic rings. The molecule has 0 aromatic rings. The number of carboxylic acid groups (broad SMARTS) is 1. The molecule has 0 aromatic carbocycles. The molecule has 0 fully saturated rings. The first kappa shape index (κ1) is 19.5. The molecule has 9 nitrogen and oxygen atoms in total. The van der Waals surface area contributed by atoms with Crippen LogP contribution in [0.2, 0.25) is 0 Å². The van der Waals surface area contributed by atoms with Gasteiger partial charge in [-0.2, -0.15) is 25.3 Å². The summed E-state index contributed by atoms with van der Waals surface area (Å²) in [6, 6.07) is -3.49. The number of nitrogens with two attached hydrogens (primary N) is 2. The number of hydrogen-bond acceptors (Lipinski definition) is 7. The number of aliphatic carboxylic acids is 1. The van der Waals surface area contributed by atoms with Crippen LogP contribution in [0.4, 0.5) is 0 Å². The van der Waals surface area contributed by atoms with Gasteiger partial charge in [0.05, 0.1) is 12.5 Å². The third kappa shape index (κ3) is 7.20. The van der Waals surface area contributed by atoms with Crippen LogP contribution in [0.15, 0.2) is 0 Å². The Labute approximate surface area is 132 Å². The first-order chi connectivity index (χ1) is 9.72. The fourth-order valence-corrected chi connectivity index (χ4v) is 1.74. The van der Waals surface area contributed by atoms with E-state index in [1.165, 1.54) is 0 Å². The van der Waals surface area contributed by atoms with Crippen LogP contribution < -0.4 is 22.1 Å². The van der Waals surface area contributed by atoms with Gasteiger partial charge in [-0.05, 0) is 0 Å². The molecule has 3 amide bonds. The van der Waals surface area contributed by atoms with E-state index < -0.39 is 41.8 Å². The Kier molecular flexibility index (Phi) is 8.81. The summed E-state index contributed by atoms with van der Waals surface area (Å²) in [7, 11) is 0. The minimum atomic E-state index is -1.26. The van der Waals surface area contributed by atoms with Gasteiger partial charge in [-0.3, -0.25) is 14.4 Å². The predicted molar refractivity (Wildman–Crippen MR) is 81.0 cm³/mol. The third-order valence-electron chi connectivity index (χ3n) is 2.37. The van der Waals surface area contributed by atoms with Gasteiger partial charge in [-0.25, -0.2) is 4.79 Å². The van der Waals surface area contributed by atoms with E-state index >= 15 is 0 Å². The van der Waals surface area contributed by atoms with Crippen molar-refractivity contribution in [2.45, 2.75) is 24.5 Å². The Bertz CT molecular complexity index is 420. The van der Waals surface area contributed by atoms with Crippen LogP contribution in [-0.4, -0.2) is 58.4 Å². The highest BCUT2D eigenvalue weighted by Crippen LogP contribution is 1.96. The van der Waals surface area contributed by atoms with Crippen LogP contribution >= 0.6 is 25.3 Å². The Balaban J connectivity index is 4.63. The second-order valence-electron chi connectivity index (χ2n) is 4.10. The number of thiol groups is 2.